The summed E-state index contributed by atoms with van der Waals surface area (Å²) in [5.41, 5.74) is 3.50. The van der Waals surface area contributed by atoms with E-state index in [4.69, 9.17) is 0 Å². The lowest BCUT2D eigenvalue weighted by Crippen LogP contribution is -2.12. The van der Waals surface area contributed by atoms with E-state index in [2.05, 4.69) is 45.2 Å². The number of aryl methyl sites for hydroxylation is 1. The molecule has 2 heterocycles. The molecule has 2 aromatic rings. The molecule has 0 fully saturated rings. The van der Waals surface area contributed by atoms with Crippen LogP contribution in [0, 0.1) is 0 Å². The van der Waals surface area contributed by atoms with E-state index in [1.54, 1.807) is 0 Å². The van der Waals surface area contributed by atoms with Crippen LogP contribution in [0.1, 0.15) is 12.5 Å². The first-order valence-corrected chi connectivity index (χ1v) is 6.20. The Morgan fingerprint density at radius 2 is 2.17 bits per heavy atom. The summed E-state index contributed by atoms with van der Waals surface area (Å²) in [7, 11) is 4.07. The van der Waals surface area contributed by atoms with Crippen molar-refractivity contribution in [2.45, 2.75) is 20.0 Å². The molecule has 0 aromatic carbocycles. The lowest BCUT2D eigenvalue weighted by Gasteiger charge is -2.17. The van der Waals surface area contributed by atoms with Gasteiger partial charge < -0.3 is 14.8 Å². The van der Waals surface area contributed by atoms with Gasteiger partial charge in [0.1, 0.15) is 0 Å². The van der Waals surface area contributed by atoms with Gasteiger partial charge in [-0.25, -0.2) is 0 Å². The summed E-state index contributed by atoms with van der Waals surface area (Å²) in [5.74, 6) is 0. The SMILES string of the molecule is CCn1ccc(CNc2cnccc2N(C)C)c1. The number of pyridine rings is 1. The Bertz CT molecular complexity index is 502. The zero-order chi connectivity index (χ0) is 13.0. The molecule has 0 amide bonds. The van der Waals surface area contributed by atoms with Crippen LogP contribution < -0.4 is 10.2 Å². The number of nitrogens with zero attached hydrogens (tertiary/aromatic N) is 3. The molecular weight excluding hydrogens is 224 g/mol. The van der Waals surface area contributed by atoms with Crippen LogP contribution in [0.4, 0.5) is 11.4 Å². The number of rotatable bonds is 5. The minimum atomic E-state index is 0.819. The van der Waals surface area contributed by atoms with Gasteiger partial charge >= 0.3 is 0 Å². The number of hydrogen-bond acceptors (Lipinski definition) is 3. The average molecular weight is 244 g/mol. The zero-order valence-electron chi connectivity index (χ0n) is 11.2. The van der Waals surface area contributed by atoms with Crippen LogP contribution in [0.15, 0.2) is 36.9 Å². The van der Waals surface area contributed by atoms with Crippen LogP contribution in [-0.2, 0) is 13.1 Å². The molecule has 0 spiro atoms. The molecule has 4 heteroatoms. The maximum absolute atomic E-state index is 4.17. The van der Waals surface area contributed by atoms with Gasteiger partial charge in [-0.1, -0.05) is 0 Å². The Hall–Kier alpha value is -1.97. The Kier molecular flexibility index (Phi) is 3.87. The van der Waals surface area contributed by atoms with E-state index in [1.807, 2.05) is 32.6 Å². The highest BCUT2D eigenvalue weighted by Gasteiger charge is 2.04. The molecule has 4 nitrogen and oxygen atoms in total. The predicted molar refractivity (Wildman–Crippen MR) is 76.0 cm³/mol. The quantitative estimate of drug-likeness (QED) is 0.877. The largest absolute Gasteiger partial charge is 0.378 e. The monoisotopic (exact) mass is 244 g/mol. The molecule has 0 radical (unpaired) electrons. The Balaban J connectivity index is 2.05. The van der Waals surface area contributed by atoms with Gasteiger partial charge in [-0.15, -0.1) is 0 Å². The highest BCUT2D eigenvalue weighted by Crippen LogP contribution is 2.22. The third-order valence-electron chi connectivity index (χ3n) is 2.94. The van der Waals surface area contributed by atoms with Gasteiger partial charge in [0.25, 0.3) is 0 Å². The van der Waals surface area contributed by atoms with E-state index in [0.29, 0.717) is 0 Å². The summed E-state index contributed by atoms with van der Waals surface area (Å²) in [6.07, 6.45) is 7.95. The average Bonchev–Trinajstić information content (AvgIpc) is 2.84. The topological polar surface area (TPSA) is 33.1 Å². The van der Waals surface area contributed by atoms with Crippen LogP contribution in [-0.4, -0.2) is 23.6 Å². The Labute approximate surface area is 108 Å². The lowest BCUT2D eigenvalue weighted by molar-refractivity contribution is 0.766. The third-order valence-corrected chi connectivity index (χ3v) is 2.94. The molecule has 0 aliphatic heterocycles. The van der Waals surface area contributed by atoms with E-state index >= 15 is 0 Å². The van der Waals surface area contributed by atoms with Gasteiger partial charge in [0.2, 0.25) is 0 Å². The molecule has 0 saturated heterocycles. The molecule has 0 bridgehead atoms. The fourth-order valence-electron chi connectivity index (χ4n) is 1.90. The Morgan fingerprint density at radius 3 is 2.83 bits per heavy atom. The second kappa shape index (κ2) is 5.58. The zero-order valence-corrected chi connectivity index (χ0v) is 11.2. The number of anilines is 2. The van der Waals surface area contributed by atoms with Gasteiger partial charge in [-0.3, -0.25) is 4.98 Å². The van der Waals surface area contributed by atoms with E-state index in [0.717, 1.165) is 24.5 Å². The highest BCUT2D eigenvalue weighted by atomic mass is 15.1. The number of nitrogens with one attached hydrogen (secondary N) is 1. The molecule has 18 heavy (non-hydrogen) atoms. The predicted octanol–water partition coefficient (Wildman–Crippen LogP) is 2.58. The summed E-state index contributed by atoms with van der Waals surface area (Å²) in [4.78, 5) is 6.25. The summed E-state index contributed by atoms with van der Waals surface area (Å²) < 4.78 is 2.17. The van der Waals surface area contributed by atoms with Crippen molar-refractivity contribution in [3.63, 3.8) is 0 Å². The van der Waals surface area contributed by atoms with Gasteiger partial charge in [0, 0.05) is 45.8 Å². The van der Waals surface area contributed by atoms with Crippen molar-refractivity contribution < 1.29 is 0 Å². The normalized spacial score (nSPS) is 10.4. The van der Waals surface area contributed by atoms with Crippen LogP contribution >= 0.6 is 0 Å². The molecule has 96 valence electrons. The van der Waals surface area contributed by atoms with Crippen molar-refractivity contribution in [1.82, 2.24) is 9.55 Å². The molecular formula is C14H20N4. The standard InChI is InChI=1S/C14H20N4/c1-4-18-8-6-12(11-18)9-16-13-10-15-7-5-14(13)17(2)3/h5-8,10-11,16H,4,9H2,1-3H3. The molecule has 1 N–H and O–H groups in total. The summed E-state index contributed by atoms with van der Waals surface area (Å²) in [6, 6.07) is 4.15. The molecule has 0 unspecified atom stereocenters. The van der Waals surface area contributed by atoms with Crippen LogP contribution in [0.2, 0.25) is 0 Å². The maximum Gasteiger partial charge on any atom is 0.0766 e. The fraction of sp³-hybridized carbons (Fsp3) is 0.357. The first-order chi connectivity index (χ1) is 8.70. The molecule has 2 rings (SSSR count). The van der Waals surface area contributed by atoms with E-state index in [1.165, 1.54) is 5.56 Å². The van der Waals surface area contributed by atoms with Crippen LogP contribution in [0.3, 0.4) is 0 Å². The van der Waals surface area contributed by atoms with E-state index < -0.39 is 0 Å². The van der Waals surface area contributed by atoms with Crippen molar-refractivity contribution in [3.8, 4) is 0 Å². The summed E-state index contributed by atoms with van der Waals surface area (Å²) in [5, 5.41) is 3.43. The van der Waals surface area contributed by atoms with Gasteiger partial charge in [-0.2, -0.15) is 0 Å². The van der Waals surface area contributed by atoms with Crippen molar-refractivity contribution in [1.29, 1.82) is 0 Å². The van der Waals surface area contributed by atoms with Crippen molar-refractivity contribution >= 4 is 11.4 Å². The Morgan fingerprint density at radius 1 is 1.33 bits per heavy atom. The fourth-order valence-corrected chi connectivity index (χ4v) is 1.90. The molecule has 2 aromatic heterocycles. The first kappa shape index (κ1) is 12.5. The van der Waals surface area contributed by atoms with E-state index in [9.17, 15) is 0 Å². The second-order valence-electron chi connectivity index (χ2n) is 4.49. The van der Waals surface area contributed by atoms with Crippen LogP contribution in [0.5, 0.6) is 0 Å². The number of aromatic nitrogens is 2. The van der Waals surface area contributed by atoms with Crippen molar-refractivity contribution in [2.75, 3.05) is 24.3 Å². The minimum absolute atomic E-state index is 0.819. The third kappa shape index (κ3) is 2.83. The van der Waals surface area contributed by atoms with Gasteiger partial charge in [0.15, 0.2) is 0 Å². The van der Waals surface area contributed by atoms with E-state index in [-0.39, 0.29) is 0 Å². The molecule has 0 aliphatic rings. The maximum atomic E-state index is 4.17. The smallest absolute Gasteiger partial charge is 0.0766 e. The highest BCUT2D eigenvalue weighted by molar-refractivity contribution is 5.68. The molecule has 0 atom stereocenters. The van der Waals surface area contributed by atoms with Gasteiger partial charge in [0.05, 0.1) is 17.6 Å². The van der Waals surface area contributed by atoms with Gasteiger partial charge in [-0.05, 0) is 24.6 Å². The summed E-state index contributed by atoms with van der Waals surface area (Å²) >= 11 is 0. The first-order valence-electron chi connectivity index (χ1n) is 6.20. The number of hydrogen-bond donors (Lipinski definition) is 1. The lowest BCUT2D eigenvalue weighted by atomic mass is 10.3. The van der Waals surface area contributed by atoms with Crippen molar-refractivity contribution in [2.24, 2.45) is 0 Å². The second-order valence-corrected chi connectivity index (χ2v) is 4.49. The minimum Gasteiger partial charge on any atom is -0.378 e. The molecule has 0 saturated carbocycles. The van der Waals surface area contributed by atoms with Crippen LogP contribution in [0.25, 0.3) is 0 Å². The van der Waals surface area contributed by atoms with Crippen molar-refractivity contribution in [3.05, 3.63) is 42.5 Å². The summed E-state index contributed by atoms with van der Waals surface area (Å²) in [6.45, 7) is 3.97. The molecule has 0 aliphatic carbocycles.